The molecule has 4 aliphatic carbocycles. The fraction of sp³-hybridized carbons (Fsp3) is 0.600. The first-order chi connectivity index (χ1) is 11.9. The van der Waals surface area contributed by atoms with Crippen LogP contribution in [0.4, 0.5) is 11.4 Å². The molecule has 4 aliphatic rings. The molecule has 0 aliphatic heterocycles. The summed E-state index contributed by atoms with van der Waals surface area (Å²) in [5.74, 6) is 1.17. The molecule has 134 valence electrons. The van der Waals surface area contributed by atoms with E-state index in [4.69, 9.17) is 0 Å². The van der Waals surface area contributed by atoms with E-state index in [2.05, 4.69) is 10.6 Å². The number of hydrogen-bond donors (Lipinski definition) is 2. The minimum atomic E-state index is -0.563. The van der Waals surface area contributed by atoms with Crippen LogP contribution in [-0.4, -0.2) is 31.4 Å². The Kier molecular flexibility index (Phi) is 3.97. The standard InChI is InChI=1S/C20H27N3O2/c1-23(2)17-5-3-4-16(9-17)21-18(24)19(25)22-20-10-13-6-14(11-20)8-15(7-13)12-20/h3-5,9,13-15H,6-8,10-12H2,1-2H3,(H,21,24)(H,22,25). The quantitative estimate of drug-likeness (QED) is 0.831. The third-order valence-electron chi connectivity index (χ3n) is 6.24. The molecule has 0 radical (unpaired) electrons. The van der Waals surface area contributed by atoms with Crippen molar-refractivity contribution >= 4 is 23.2 Å². The van der Waals surface area contributed by atoms with Gasteiger partial charge in [0.05, 0.1) is 0 Å². The Labute approximate surface area is 149 Å². The van der Waals surface area contributed by atoms with Crippen molar-refractivity contribution in [3.63, 3.8) is 0 Å². The van der Waals surface area contributed by atoms with Crippen molar-refractivity contribution in [1.29, 1.82) is 0 Å². The third-order valence-corrected chi connectivity index (χ3v) is 6.24. The Morgan fingerprint density at radius 1 is 1.00 bits per heavy atom. The molecule has 5 nitrogen and oxygen atoms in total. The van der Waals surface area contributed by atoms with E-state index >= 15 is 0 Å². The summed E-state index contributed by atoms with van der Waals surface area (Å²) >= 11 is 0. The zero-order valence-electron chi connectivity index (χ0n) is 15.0. The lowest BCUT2D eigenvalue weighted by Crippen LogP contribution is -2.61. The molecule has 5 heteroatoms. The maximum absolute atomic E-state index is 12.5. The Bertz CT molecular complexity index is 663. The van der Waals surface area contributed by atoms with Crippen LogP contribution in [0.25, 0.3) is 0 Å². The van der Waals surface area contributed by atoms with E-state index in [0.717, 1.165) is 42.7 Å². The van der Waals surface area contributed by atoms with Gasteiger partial charge in [0.1, 0.15) is 0 Å². The van der Waals surface area contributed by atoms with E-state index in [0.29, 0.717) is 5.69 Å². The molecule has 0 unspecified atom stereocenters. The molecule has 4 fully saturated rings. The number of hydrogen-bond acceptors (Lipinski definition) is 3. The van der Waals surface area contributed by atoms with Crippen LogP contribution >= 0.6 is 0 Å². The summed E-state index contributed by atoms with van der Waals surface area (Å²) in [7, 11) is 3.89. The number of benzene rings is 1. The van der Waals surface area contributed by atoms with Crippen LogP contribution in [-0.2, 0) is 9.59 Å². The van der Waals surface area contributed by atoms with Gasteiger partial charge in [0.2, 0.25) is 0 Å². The van der Waals surface area contributed by atoms with Crippen molar-refractivity contribution in [2.75, 3.05) is 24.3 Å². The molecule has 0 saturated heterocycles. The summed E-state index contributed by atoms with van der Waals surface area (Å²) in [5.41, 5.74) is 1.51. The fourth-order valence-electron chi connectivity index (χ4n) is 5.61. The van der Waals surface area contributed by atoms with Gasteiger partial charge in [0.15, 0.2) is 0 Å². The first kappa shape index (κ1) is 16.4. The second kappa shape index (κ2) is 6.04. The highest BCUT2D eigenvalue weighted by atomic mass is 16.2. The molecule has 0 spiro atoms. The van der Waals surface area contributed by atoms with Gasteiger partial charge in [-0.1, -0.05) is 6.07 Å². The first-order valence-corrected chi connectivity index (χ1v) is 9.33. The van der Waals surface area contributed by atoms with E-state index in [1.165, 1.54) is 19.3 Å². The summed E-state index contributed by atoms with van der Waals surface area (Å²) in [6, 6.07) is 7.52. The lowest BCUT2D eigenvalue weighted by atomic mass is 9.53. The molecular weight excluding hydrogens is 314 g/mol. The Hall–Kier alpha value is -2.04. The maximum Gasteiger partial charge on any atom is 0.313 e. The number of carbonyl (C=O) groups excluding carboxylic acids is 2. The molecule has 4 bridgehead atoms. The monoisotopic (exact) mass is 341 g/mol. The molecule has 5 rings (SSSR count). The second-order valence-electron chi connectivity index (χ2n) is 8.55. The lowest BCUT2D eigenvalue weighted by Gasteiger charge is -2.56. The second-order valence-corrected chi connectivity index (χ2v) is 8.55. The highest BCUT2D eigenvalue weighted by Crippen LogP contribution is 2.55. The predicted octanol–water partition coefficient (Wildman–Crippen LogP) is 2.78. The molecule has 1 aromatic carbocycles. The van der Waals surface area contributed by atoms with Crippen LogP contribution in [0, 0.1) is 17.8 Å². The van der Waals surface area contributed by atoms with Gasteiger partial charge in [0.25, 0.3) is 0 Å². The number of anilines is 2. The van der Waals surface area contributed by atoms with E-state index in [1.54, 1.807) is 0 Å². The van der Waals surface area contributed by atoms with Crippen LogP contribution in [0.5, 0.6) is 0 Å². The molecule has 1 aromatic rings. The van der Waals surface area contributed by atoms with Gasteiger partial charge in [-0.25, -0.2) is 0 Å². The Balaban J connectivity index is 1.41. The average molecular weight is 341 g/mol. The number of nitrogens with one attached hydrogen (secondary N) is 2. The number of carbonyl (C=O) groups is 2. The van der Waals surface area contributed by atoms with E-state index in [-0.39, 0.29) is 5.54 Å². The van der Waals surface area contributed by atoms with Crippen molar-refractivity contribution in [3.05, 3.63) is 24.3 Å². The molecule has 4 saturated carbocycles. The van der Waals surface area contributed by atoms with E-state index in [9.17, 15) is 9.59 Å². The fourth-order valence-corrected chi connectivity index (χ4v) is 5.61. The minimum Gasteiger partial charge on any atom is -0.378 e. The van der Waals surface area contributed by atoms with Crippen LogP contribution in [0.2, 0.25) is 0 Å². The van der Waals surface area contributed by atoms with Crippen LogP contribution < -0.4 is 15.5 Å². The highest BCUT2D eigenvalue weighted by molar-refractivity contribution is 6.39. The predicted molar refractivity (Wildman–Crippen MR) is 98.4 cm³/mol. The zero-order valence-corrected chi connectivity index (χ0v) is 15.0. The lowest BCUT2D eigenvalue weighted by molar-refractivity contribution is -0.139. The minimum absolute atomic E-state index is 0.130. The van der Waals surface area contributed by atoms with Gasteiger partial charge in [0, 0.05) is 31.0 Å². The number of nitrogens with zero attached hydrogens (tertiary/aromatic N) is 1. The van der Waals surface area contributed by atoms with Crippen molar-refractivity contribution in [2.45, 2.75) is 44.1 Å². The van der Waals surface area contributed by atoms with E-state index in [1.807, 2.05) is 43.3 Å². The number of rotatable bonds is 3. The summed E-state index contributed by atoms with van der Waals surface area (Å²) in [6.07, 6.45) is 7.10. The van der Waals surface area contributed by atoms with Gasteiger partial charge in [-0.3, -0.25) is 9.59 Å². The first-order valence-electron chi connectivity index (χ1n) is 9.33. The summed E-state index contributed by atoms with van der Waals surface area (Å²) in [5, 5.41) is 5.86. The number of amides is 2. The molecular formula is C20H27N3O2. The smallest absolute Gasteiger partial charge is 0.313 e. The van der Waals surface area contributed by atoms with Gasteiger partial charge < -0.3 is 15.5 Å². The summed E-state index contributed by atoms with van der Waals surface area (Å²) in [6.45, 7) is 0. The van der Waals surface area contributed by atoms with E-state index < -0.39 is 11.8 Å². The molecule has 2 N–H and O–H groups in total. The summed E-state index contributed by atoms with van der Waals surface area (Å²) in [4.78, 5) is 26.9. The van der Waals surface area contributed by atoms with Crippen molar-refractivity contribution in [3.8, 4) is 0 Å². The zero-order chi connectivity index (χ0) is 17.6. The van der Waals surface area contributed by atoms with Crippen LogP contribution in [0.1, 0.15) is 38.5 Å². The topological polar surface area (TPSA) is 61.4 Å². The molecule has 25 heavy (non-hydrogen) atoms. The SMILES string of the molecule is CN(C)c1cccc(NC(=O)C(=O)NC23CC4CC(CC(C4)C2)C3)c1. The molecule has 0 aromatic heterocycles. The van der Waals surface area contributed by atoms with Crippen LogP contribution in [0.15, 0.2) is 24.3 Å². The van der Waals surface area contributed by atoms with Gasteiger partial charge in [-0.15, -0.1) is 0 Å². The highest BCUT2D eigenvalue weighted by Gasteiger charge is 2.51. The molecule has 0 atom stereocenters. The summed E-state index contributed by atoms with van der Waals surface area (Å²) < 4.78 is 0. The van der Waals surface area contributed by atoms with Gasteiger partial charge in [-0.05, 0) is 74.5 Å². The normalized spacial score (nSPS) is 32.3. The molecule has 0 heterocycles. The van der Waals surface area contributed by atoms with Gasteiger partial charge in [-0.2, -0.15) is 0 Å². The average Bonchev–Trinajstić information content (AvgIpc) is 2.53. The maximum atomic E-state index is 12.5. The van der Waals surface area contributed by atoms with Crippen LogP contribution in [0.3, 0.4) is 0 Å². The Morgan fingerprint density at radius 2 is 1.60 bits per heavy atom. The van der Waals surface area contributed by atoms with Crippen molar-refractivity contribution < 1.29 is 9.59 Å². The van der Waals surface area contributed by atoms with Crippen molar-refractivity contribution in [1.82, 2.24) is 5.32 Å². The Morgan fingerprint density at radius 3 is 2.16 bits per heavy atom. The third kappa shape index (κ3) is 3.24. The van der Waals surface area contributed by atoms with Crippen molar-refractivity contribution in [2.24, 2.45) is 17.8 Å². The molecule has 2 amide bonds. The van der Waals surface area contributed by atoms with Gasteiger partial charge >= 0.3 is 11.8 Å². The largest absolute Gasteiger partial charge is 0.378 e.